The van der Waals surface area contributed by atoms with E-state index in [4.69, 9.17) is 15.2 Å². The summed E-state index contributed by atoms with van der Waals surface area (Å²) in [6, 6.07) is 5.01. The van der Waals surface area contributed by atoms with Gasteiger partial charge in [-0.25, -0.2) is 0 Å². The summed E-state index contributed by atoms with van der Waals surface area (Å²) in [5.74, 6) is 0.747. The number of hydrogen-bond acceptors (Lipinski definition) is 5. The number of rotatable bonds is 4. The van der Waals surface area contributed by atoms with Gasteiger partial charge >= 0.3 is 0 Å². The van der Waals surface area contributed by atoms with Crippen LogP contribution < -0.4 is 15.2 Å². The van der Waals surface area contributed by atoms with Crippen molar-refractivity contribution in [1.29, 1.82) is 0 Å². The second-order valence-corrected chi connectivity index (χ2v) is 7.61. The quantitative estimate of drug-likeness (QED) is 0.597. The first-order valence-corrected chi connectivity index (χ1v) is 7.89. The van der Waals surface area contributed by atoms with Crippen LogP contribution in [0.4, 0.5) is 5.69 Å². The van der Waals surface area contributed by atoms with Crippen molar-refractivity contribution in [2.45, 2.75) is 0 Å². The molecule has 4 nitrogen and oxygen atoms in total. The van der Waals surface area contributed by atoms with Crippen LogP contribution in [0.3, 0.4) is 0 Å². The minimum atomic E-state index is -0.187. The van der Waals surface area contributed by atoms with Crippen LogP contribution in [-0.2, 0) is 0 Å². The van der Waals surface area contributed by atoms with Crippen LogP contribution in [0.2, 0.25) is 0 Å². The second kappa shape index (κ2) is 6.15. The van der Waals surface area contributed by atoms with Crippen LogP contribution in [0, 0.1) is 0 Å². The molecular weight excluding hydrogens is 410 g/mol. The average Bonchev–Trinajstić information content (AvgIpc) is 2.77. The first-order chi connectivity index (χ1) is 9.47. The number of halogens is 2. The average molecular weight is 421 g/mol. The molecule has 0 aliphatic rings. The maximum Gasteiger partial charge on any atom is 0.197 e. The molecule has 0 saturated carbocycles. The Morgan fingerprint density at radius 2 is 1.85 bits per heavy atom. The molecular formula is C13H11Br2NO3S. The number of carbonyl (C=O) groups excluding carboxylic acids is 1. The molecule has 20 heavy (non-hydrogen) atoms. The van der Waals surface area contributed by atoms with Gasteiger partial charge in [-0.3, -0.25) is 4.79 Å². The lowest BCUT2D eigenvalue weighted by Crippen LogP contribution is -2.07. The van der Waals surface area contributed by atoms with Gasteiger partial charge in [0.25, 0.3) is 0 Å². The molecule has 0 unspecified atom stereocenters. The molecule has 106 valence electrons. The molecule has 0 saturated heterocycles. The van der Waals surface area contributed by atoms with Crippen molar-refractivity contribution in [2.75, 3.05) is 20.0 Å². The number of nitrogen functional groups attached to an aromatic ring is 1. The highest BCUT2D eigenvalue weighted by Crippen LogP contribution is 2.37. The smallest absolute Gasteiger partial charge is 0.197 e. The number of ketones is 1. The van der Waals surface area contributed by atoms with E-state index in [9.17, 15) is 4.79 Å². The Balaban J connectivity index is 2.56. The van der Waals surface area contributed by atoms with Gasteiger partial charge in [0.15, 0.2) is 5.78 Å². The van der Waals surface area contributed by atoms with E-state index in [1.165, 1.54) is 25.6 Å². The van der Waals surface area contributed by atoms with Crippen molar-refractivity contribution in [1.82, 2.24) is 0 Å². The number of benzene rings is 1. The molecule has 0 amide bonds. The number of nitrogens with two attached hydrogens (primary N) is 1. The number of anilines is 1. The standard InChI is InChI=1S/C13H11Br2NO3S/c1-18-6-3-7(11(16)9(4-6)19-2)12(17)8-5-10(14)20-13(8)15/h3-5H,16H2,1-2H3. The number of hydrogen-bond donors (Lipinski definition) is 1. The SMILES string of the molecule is COc1cc(OC)c(N)c(C(=O)c2cc(Br)sc2Br)c1. The fourth-order valence-electron chi connectivity index (χ4n) is 1.72. The zero-order valence-electron chi connectivity index (χ0n) is 10.7. The maximum absolute atomic E-state index is 12.6. The van der Waals surface area contributed by atoms with Gasteiger partial charge in [-0.05, 0) is 44.0 Å². The summed E-state index contributed by atoms with van der Waals surface area (Å²) in [5, 5.41) is 0. The fraction of sp³-hybridized carbons (Fsp3) is 0.154. The maximum atomic E-state index is 12.6. The third kappa shape index (κ3) is 2.84. The molecule has 2 rings (SSSR count). The zero-order valence-corrected chi connectivity index (χ0v) is 14.7. The second-order valence-electron chi connectivity index (χ2n) is 3.86. The normalized spacial score (nSPS) is 10.4. The minimum absolute atomic E-state index is 0.187. The molecule has 0 radical (unpaired) electrons. The van der Waals surface area contributed by atoms with Gasteiger partial charge in [-0.1, -0.05) is 0 Å². The predicted octanol–water partition coefficient (Wildman–Crippen LogP) is 4.10. The number of carbonyl (C=O) groups is 1. The zero-order chi connectivity index (χ0) is 14.9. The van der Waals surface area contributed by atoms with E-state index in [2.05, 4.69) is 31.9 Å². The highest BCUT2D eigenvalue weighted by Gasteiger charge is 2.21. The van der Waals surface area contributed by atoms with Crippen LogP contribution in [0.1, 0.15) is 15.9 Å². The van der Waals surface area contributed by atoms with E-state index in [-0.39, 0.29) is 5.78 Å². The van der Waals surface area contributed by atoms with Crippen LogP contribution in [0.15, 0.2) is 25.8 Å². The Bertz CT molecular complexity index is 670. The Morgan fingerprint density at radius 3 is 2.35 bits per heavy atom. The Kier molecular flexibility index (Phi) is 4.72. The van der Waals surface area contributed by atoms with Crippen molar-refractivity contribution in [3.05, 3.63) is 36.9 Å². The highest BCUT2D eigenvalue weighted by atomic mass is 79.9. The third-order valence-electron chi connectivity index (χ3n) is 2.72. The molecule has 1 aromatic heterocycles. The topological polar surface area (TPSA) is 61.6 Å². The van der Waals surface area contributed by atoms with Gasteiger partial charge in [0.1, 0.15) is 11.5 Å². The van der Waals surface area contributed by atoms with Gasteiger partial charge in [-0.2, -0.15) is 0 Å². The summed E-state index contributed by atoms with van der Waals surface area (Å²) in [6.45, 7) is 0. The number of thiophene rings is 1. The minimum Gasteiger partial charge on any atom is -0.497 e. The number of ether oxygens (including phenoxy) is 2. The van der Waals surface area contributed by atoms with E-state index in [0.717, 1.165) is 7.57 Å². The molecule has 0 atom stereocenters. The monoisotopic (exact) mass is 419 g/mol. The van der Waals surface area contributed by atoms with Crippen LogP contribution in [0.25, 0.3) is 0 Å². The van der Waals surface area contributed by atoms with Gasteiger partial charge in [0.05, 0.1) is 33.0 Å². The highest BCUT2D eigenvalue weighted by molar-refractivity contribution is 9.12. The van der Waals surface area contributed by atoms with Crippen LogP contribution >= 0.6 is 43.2 Å². The van der Waals surface area contributed by atoms with E-state index in [0.29, 0.717) is 28.3 Å². The first kappa shape index (κ1) is 15.3. The Morgan fingerprint density at radius 1 is 1.15 bits per heavy atom. The summed E-state index contributed by atoms with van der Waals surface area (Å²) in [4.78, 5) is 12.6. The largest absolute Gasteiger partial charge is 0.497 e. The van der Waals surface area contributed by atoms with Gasteiger partial charge in [0, 0.05) is 11.6 Å². The third-order valence-corrected chi connectivity index (χ3v) is 5.06. The molecule has 0 aliphatic carbocycles. The predicted molar refractivity (Wildman–Crippen MR) is 87.1 cm³/mol. The van der Waals surface area contributed by atoms with Gasteiger partial charge in [-0.15, -0.1) is 11.3 Å². The lowest BCUT2D eigenvalue weighted by Gasteiger charge is -2.11. The molecule has 0 fully saturated rings. The molecule has 1 aromatic carbocycles. The summed E-state index contributed by atoms with van der Waals surface area (Å²) in [6.07, 6.45) is 0. The fourth-order valence-corrected chi connectivity index (χ4v) is 4.51. The van der Waals surface area contributed by atoms with Crippen LogP contribution in [0.5, 0.6) is 11.5 Å². The molecule has 1 heterocycles. The summed E-state index contributed by atoms with van der Waals surface area (Å²) in [5.41, 5.74) is 7.19. The molecule has 7 heteroatoms. The molecule has 0 spiro atoms. The van der Waals surface area contributed by atoms with Crippen molar-refractivity contribution in [3.8, 4) is 11.5 Å². The summed E-state index contributed by atoms with van der Waals surface area (Å²) in [7, 11) is 3.02. The molecule has 2 N–H and O–H groups in total. The lowest BCUT2D eigenvalue weighted by molar-refractivity contribution is 0.103. The summed E-state index contributed by atoms with van der Waals surface area (Å²) < 4.78 is 11.9. The molecule has 0 aliphatic heterocycles. The van der Waals surface area contributed by atoms with E-state index in [1.54, 1.807) is 18.2 Å². The van der Waals surface area contributed by atoms with Crippen molar-refractivity contribution in [3.63, 3.8) is 0 Å². The number of methoxy groups -OCH3 is 2. The van der Waals surface area contributed by atoms with Gasteiger partial charge in [0.2, 0.25) is 0 Å². The molecule has 0 bridgehead atoms. The van der Waals surface area contributed by atoms with E-state index in [1.807, 2.05) is 0 Å². The molecule has 2 aromatic rings. The van der Waals surface area contributed by atoms with Gasteiger partial charge < -0.3 is 15.2 Å². The van der Waals surface area contributed by atoms with Crippen molar-refractivity contribution in [2.24, 2.45) is 0 Å². The Hall–Kier alpha value is -1.05. The first-order valence-electron chi connectivity index (χ1n) is 5.49. The van der Waals surface area contributed by atoms with Crippen molar-refractivity contribution < 1.29 is 14.3 Å². The van der Waals surface area contributed by atoms with E-state index < -0.39 is 0 Å². The van der Waals surface area contributed by atoms with E-state index >= 15 is 0 Å². The Labute approximate surface area is 137 Å². The van der Waals surface area contributed by atoms with Crippen LogP contribution in [-0.4, -0.2) is 20.0 Å². The summed E-state index contributed by atoms with van der Waals surface area (Å²) >= 11 is 8.16. The lowest BCUT2D eigenvalue weighted by atomic mass is 10.0. The van der Waals surface area contributed by atoms with Crippen molar-refractivity contribution >= 4 is 54.7 Å².